The number of carbonyl (C=O) groups excluding carboxylic acids is 3. The van der Waals surface area contributed by atoms with Gasteiger partial charge in [0.05, 0.1) is 12.3 Å². The topological polar surface area (TPSA) is 75.7 Å². The van der Waals surface area contributed by atoms with Crippen LogP contribution >= 0.6 is 11.6 Å². The number of nitrogens with one attached hydrogen (secondary N) is 1. The Morgan fingerprint density at radius 1 is 1.04 bits per heavy atom. The third kappa shape index (κ3) is 3.60. The van der Waals surface area contributed by atoms with E-state index in [1.54, 1.807) is 48.5 Å². The highest BCUT2D eigenvalue weighted by Crippen LogP contribution is 2.24. The number of nitrogens with zero attached hydrogens (tertiary/aromatic N) is 1. The average molecular weight is 371 g/mol. The SMILES string of the molecule is CCOc1ccc(N2C(=O)NC(=O)C(=Cc3ccc(Cl)cc3)C2=O)cc1. The molecule has 4 amide bonds. The number of urea groups is 1. The summed E-state index contributed by atoms with van der Waals surface area (Å²) in [4.78, 5) is 37.9. The lowest BCUT2D eigenvalue weighted by Gasteiger charge is -2.26. The highest BCUT2D eigenvalue weighted by Gasteiger charge is 2.36. The summed E-state index contributed by atoms with van der Waals surface area (Å²) in [5.74, 6) is -0.816. The second-order valence-corrected chi connectivity index (χ2v) is 5.87. The lowest BCUT2D eigenvalue weighted by molar-refractivity contribution is -0.122. The Labute approximate surface area is 155 Å². The molecular formula is C19H15ClN2O4. The molecule has 2 aromatic carbocycles. The molecule has 1 saturated heterocycles. The van der Waals surface area contributed by atoms with Gasteiger partial charge in [-0.1, -0.05) is 23.7 Å². The fourth-order valence-corrected chi connectivity index (χ4v) is 2.60. The summed E-state index contributed by atoms with van der Waals surface area (Å²) in [6, 6.07) is 12.3. The van der Waals surface area contributed by atoms with Crippen molar-refractivity contribution in [3.8, 4) is 5.75 Å². The van der Waals surface area contributed by atoms with Gasteiger partial charge in [0.1, 0.15) is 11.3 Å². The molecule has 0 unspecified atom stereocenters. The first kappa shape index (κ1) is 17.7. The Balaban J connectivity index is 1.93. The first-order valence-electron chi connectivity index (χ1n) is 7.89. The molecule has 0 saturated carbocycles. The van der Waals surface area contributed by atoms with E-state index in [1.807, 2.05) is 6.92 Å². The van der Waals surface area contributed by atoms with Crippen LogP contribution in [0.5, 0.6) is 5.75 Å². The number of anilines is 1. The molecule has 1 aliphatic rings. The van der Waals surface area contributed by atoms with Gasteiger partial charge < -0.3 is 4.74 Å². The van der Waals surface area contributed by atoms with Crippen molar-refractivity contribution in [2.75, 3.05) is 11.5 Å². The molecule has 132 valence electrons. The van der Waals surface area contributed by atoms with Gasteiger partial charge >= 0.3 is 6.03 Å². The molecule has 0 aliphatic carbocycles. The fourth-order valence-electron chi connectivity index (χ4n) is 2.48. The van der Waals surface area contributed by atoms with E-state index in [2.05, 4.69) is 5.32 Å². The summed E-state index contributed by atoms with van der Waals surface area (Å²) >= 11 is 5.84. The van der Waals surface area contributed by atoms with Crippen LogP contribution in [0, 0.1) is 0 Å². The lowest BCUT2D eigenvalue weighted by Crippen LogP contribution is -2.54. The highest BCUT2D eigenvalue weighted by atomic mass is 35.5. The molecule has 7 heteroatoms. The van der Waals surface area contributed by atoms with Crippen LogP contribution in [0.3, 0.4) is 0 Å². The van der Waals surface area contributed by atoms with Gasteiger partial charge in [-0.3, -0.25) is 14.9 Å². The molecule has 1 N–H and O–H groups in total. The molecule has 0 atom stereocenters. The van der Waals surface area contributed by atoms with Gasteiger partial charge in [0.2, 0.25) is 0 Å². The van der Waals surface area contributed by atoms with Gasteiger partial charge in [0, 0.05) is 5.02 Å². The monoisotopic (exact) mass is 370 g/mol. The summed E-state index contributed by atoms with van der Waals surface area (Å²) in [6.07, 6.45) is 1.42. The minimum Gasteiger partial charge on any atom is -0.494 e. The summed E-state index contributed by atoms with van der Waals surface area (Å²) in [5.41, 5.74) is 0.820. The second-order valence-electron chi connectivity index (χ2n) is 5.44. The summed E-state index contributed by atoms with van der Waals surface area (Å²) in [6.45, 7) is 2.36. The van der Waals surface area contributed by atoms with Crippen LogP contribution in [0.2, 0.25) is 5.02 Å². The number of hydrogen-bond acceptors (Lipinski definition) is 4. The van der Waals surface area contributed by atoms with Gasteiger partial charge in [-0.2, -0.15) is 0 Å². The number of barbiturate groups is 1. The minimum atomic E-state index is -0.794. The summed E-state index contributed by atoms with van der Waals surface area (Å²) in [5, 5.41) is 2.72. The van der Waals surface area contributed by atoms with Crippen LogP contribution in [0.25, 0.3) is 6.08 Å². The van der Waals surface area contributed by atoms with Crippen molar-refractivity contribution < 1.29 is 19.1 Å². The number of halogens is 1. The van der Waals surface area contributed by atoms with E-state index in [4.69, 9.17) is 16.3 Å². The van der Waals surface area contributed by atoms with Gasteiger partial charge in [0.15, 0.2) is 0 Å². The Morgan fingerprint density at radius 2 is 1.69 bits per heavy atom. The molecule has 1 heterocycles. The molecule has 0 bridgehead atoms. The fraction of sp³-hybridized carbons (Fsp3) is 0.105. The Kier molecular flexibility index (Phi) is 5.04. The highest BCUT2D eigenvalue weighted by molar-refractivity contribution is 6.39. The van der Waals surface area contributed by atoms with E-state index in [9.17, 15) is 14.4 Å². The molecule has 26 heavy (non-hydrogen) atoms. The van der Waals surface area contributed by atoms with E-state index in [-0.39, 0.29) is 5.57 Å². The zero-order valence-corrected chi connectivity index (χ0v) is 14.6. The zero-order valence-electron chi connectivity index (χ0n) is 13.9. The van der Waals surface area contributed by atoms with E-state index < -0.39 is 17.8 Å². The summed E-state index contributed by atoms with van der Waals surface area (Å²) in [7, 11) is 0. The third-order valence-electron chi connectivity index (χ3n) is 3.69. The quantitative estimate of drug-likeness (QED) is 0.661. The van der Waals surface area contributed by atoms with Gasteiger partial charge in [-0.25, -0.2) is 9.69 Å². The van der Waals surface area contributed by atoms with Gasteiger partial charge in [-0.05, 0) is 55.0 Å². The minimum absolute atomic E-state index is 0.138. The normalized spacial score (nSPS) is 16.0. The van der Waals surface area contributed by atoms with Crippen molar-refractivity contribution in [3.63, 3.8) is 0 Å². The third-order valence-corrected chi connectivity index (χ3v) is 3.94. The molecule has 6 nitrogen and oxygen atoms in total. The molecule has 0 radical (unpaired) electrons. The summed E-state index contributed by atoms with van der Waals surface area (Å²) < 4.78 is 5.35. The van der Waals surface area contributed by atoms with Crippen molar-refractivity contribution in [1.82, 2.24) is 5.32 Å². The first-order chi connectivity index (χ1) is 12.5. The largest absolute Gasteiger partial charge is 0.494 e. The molecule has 3 rings (SSSR count). The van der Waals surface area contributed by atoms with Gasteiger partial charge in [-0.15, -0.1) is 0 Å². The van der Waals surface area contributed by atoms with Crippen molar-refractivity contribution in [1.29, 1.82) is 0 Å². The predicted octanol–water partition coefficient (Wildman–Crippen LogP) is 3.41. The van der Waals surface area contributed by atoms with E-state index in [0.29, 0.717) is 28.6 Å². The van der Waals surface area contributed by atoms with E-state index in [0.717, 1.165) is 4.90 Å². The van der Waals surface area contributed by atoms with E-state index in [1.165, 1.54) is 6.08 Å². The second kappa shape index (κ2) is 7.41. The van der Waals surface area contributed by atoms with Crippen LogP contribution in [0.1, 0.15) is 12.5 Å². The van der Waals surface area contributed by atoms with Crippen LogP contribution in [-0.2, 0) is 9.59 Å². The maximum absolute atomic E-state index is 12.7. The molecule has 1 aliphatic heterocycles. The van der Waals surface area contributed by atoms with Crippen molar-refractivity contribution in [2.24, 2.45) is 0 Å². The molecular weight excluding hydrogens is 356 g/mol. The number of amides is 4. The molecule has 0 spiro atoms. The Bertz CT molecular complexity index is 889. The molecule has 0 aromatic heterocycles. The average Bonchev–Trinajstić information content (AvgIpc) is 2.62. The number of rotatable bonds is 4. The van der Waals surface area contributed by atoms with Crippen LogP contribution < -0.4 is 15.0 Å². The Hall–Kier alpha value is -3.12. The van der Waals surface area contributed by atoms with E-state index >= 15 is 0 Å². The first-order valence-corrected chi connectivity index (χ1v) is 8.27. The van der Waals surface area contributed by atoms with Crippen LogP contribution in [0.4, 0.5) is 10.5 Å². The number of carbonyl (C=O) groups is 3. The number of benzene rings is 2. The van der Waals surface area contributed by atoms with Gasteiger partial charge in [0.25, 0.3) is 11.8 Å². The van der Waals surface area contributed by atoms with Crippen LogP contribution in [-0.4, -0.2) is 24.5 Å². The van der Waals surface area contributed by atoms with Crippen LogP contribution in [0.15, 0.2) is 54.1 Å². The van der Waals surface area contributed by atoms with Crippen molar-refractivity contribution in [2.45, 2.75) is 6.92 Å². The van der Waals surface area contributed by atoms with Crippen molar-refractivity contribution >= 4 is 41.2 Å². The maximum Gasteiger partial charge on any atom is 0.335 e. The maximum atomic E-state index is 12.7. The predicted molar refractivity (Wildman–Crippen MR) is 98.1 cm³/mol. The molecule has 1 fully saturated rings. The number of hydrogen-bond donors (Lipinski definition) is 1. The zero-order chi connectivity index (χ0) is 18.7. The van der Waals surface area contributed by atoms with Crippen molar-refractivity contribution in [3.05, 3.63) is 64.7 Å². The molecule has 2 aromatic rings. The number of ether oxygens (including phenoxy) is 1. The lowest BCUT2D eigenvalue weighted by atomic mass is 10.1. The Morgan fingerprint density at radius 3 is 2.31 bits per heavy atom. The smallest absolute Gasteiger partial charge is 0.335 e. The standard InChI is InChI=1S/C19H15ClN2O4/c1-2-26-15-9-7-14(8-10-15)22-18(24)16(17(23)21-19(22)25)11-12-3-5-13(20)6-4-12/h3-11H,2H2,1H3,(H,21,23,25). The number of imide groups is 2.